The van der Waals surface area contributed by atoms with E-state index in [1.807, 2.05) is 0 Å². The second-order valence-electron chi connectivity index (χ2n) is 4.46. The molecule has 1 unspecified atom stereocenters. The van der Waals surface area contributed by atoms with Crippen LogP contribution in [0.25, 0.3) is 0 Å². The SMILES string of the molecule is CCN1CCOC(CNc2nccn(C)c2=O)C1. The lowest BCUT2D eigenvalue weighted by molar-refractivity contribution is -0.0192. The van der Waals surface area contributed by atoms with Gasteiger partial charge in [-0.05, 0) is 6.54 Å². The number of likely N-dealkylation sites (N-methyl/N-ethyl adjacent to an activating group) is 1. The highest BCUT2D eigenvalue weighted by molar-refractivity contribution is 5.30. The number of hydrogen-bond donors (Lipinski definition) is 1. The summed E-state index contributed by atoms with van der Waals surface area (Å²) in [6, 6.07) is 0. The first-order chi connectivity index (χ1) is 8.70. The summed E-state index contributed by atoms with van der Waals surface area (Å²) in [7, 11) is 1.71. The van der Waals surface area contributed by atoms with E-state index in [1.165, 1.54) is 4.57 Å². The number of nitrogens with zero attached hydrogens (tertiary/aromatic N) is 3. The van der Waals surface area contributed by atoms with Crippen molar-refractivity contribution in [3.63, 3.8) is 0 Å². The lowest BCUT2D eigenvalue weighted by atomic mass is 10.2. The van der Waals surface area contributed by atoms with Crippen LogP contribution in [0.5, 0.6) is 0 Å². The Morgan fingerprint density at radius 2 is 2.44 bits per heavy atom. The zero-order chi connectivity index (χ0) is 13.0. The Morgan fingerprint density at radius 1 is 1.61 bits per heavy atom. The molecule has 1 fully saturated rings. The molecule has 0 amide bonds. The molecule has 100 valence electrons. The quantitative estimate of drug-likeness (QED) is 0.812. The normalized spacial score (nSPS) is 20.9. The second kappa shape index (κ2) is 5.97. The first-order valence-electron chi connectivity index (χ1n) is 6.30. The van der Waals surface area contributed by atoms with Crippen LogP contribution in [0.3, 0.4) is 0 Å². The summed E-state index contributed by atoms with van der Waals surface area (Å²) < 4.78 is 7.17. The van der Waals surface area contributed by atoms with Gasteiger partial charge in [0.15, 0.2) is 5.82 Å². The largest absolute Gasteiger partial charge is 0.374 e. The van der Waals surface area contributed by atoms with Crippen molar-refractivity contribution in [1.29, 1.82) is 0 Å². The topological polar surface area (TPSA) is 59.4 Å². The summed E-state index contributed by atoms with van der Waals surface area (Å²) in [5, 5.41) is 3.07. The van der Waals surface area contributed by atoms with Crippen LogP contribution in [0.15, 0.2) is 17.2 Å². The monoisotopic (exact) mass is 252 g/mol. The minimum Gasteiger partial charge on any atom is -0.374 e. The summed E-state index contributed by atoms with van der Waals surface area (Å²) in [6.45, 7) is 6.42. The van der Waals surface area contributed by atoms with Crippen LogP contribution < -0.4 is 10.9 Å². The fourth-order valence-electron chi connectivity index (χ4n) is 2.02. The number of morpholine rings is 1. The molecule has 1 atom stereocenters. The van der Waals surface area contributed by atoms with Crippen LogP contribution in [0.2, 0.25) is 0 Å². The van der Waals surface area contributed by atoms with Crippen molar-refractivity contribution in [2.45, 2.75) is 13.0 Å². The van der Waals surface area contributed by atoms with Crippen molar-refractivity contribution in [3.05, 3.63) is 22.7 Å². The highest BCUT2D eigenvalue weighted by Crippen LogP contribution is 2.05. The molecule has 18 heavy (non-hydrogen) atoms. The molecule has 2 rings (SSSR count). The molecule has 1 N–H and O–H groups in total. The number of aryl methyl sites for hydroxylation is 1. The molecule has 1 aliphatic rings. The van der Waals surface area contributed by atoms with Crippen LogP contribution in [0.4, 0.5) is 5.82 Å². The minimum absolute atomic E-state index is 0.111. The Labute approximate surface area is 107 Å². The van der Waals surface area contributed by atoms with E-state index in [0.717, 1.165) is 26.2 Å². The Hall–Kier alpha value is -1.40. The number of ether oxygens (including phenoxy) is 1. The van der Waals surface area contributed by atoms with Gasteiger partial charge in [0.25, 0.3) is 5.56 Å². The number of anilines is 1. The van der Waals surface area contributed by atoms with E-state index in [2.05, 4.69) is 22.1 Å². The van der Waals surface area contributed by atoms with Gasteiger partial charge in [0.1, 0.15) is 0 Å². The van der Waals surface area contributed by atoms with Crippen molar-refractivity contribution in [2.24, 2.45) is 7.05 Å². The zero-order valence-electron chi connectivity index (χ0n) is 10.9. The molecule has 0 spiro atoms. The third-order valence-corrected chi connectivity index (χ3v) is 3.18. The molecule has 1 aromatic rings. The highest BCUT2D eigenvalue weighted by atomic mass is 16.5. The van der Waals surface area contributed by atoms with Crippen LogP contribution in [-0.4, -0.2) is 53.3 Å². The van der Waals surface area contributed by atoms with Gasteiger partial charge in [-0.2, -0.15) is 0 Å². The molecule has 0 saturated carbocycles. The summed E-state index contributed by atoms with van der Waals surface area (Å²) in [6.07, 6.45) is 3.37. The Balaban J connectivity index is 1.91. The van der Waals surface area contributed by atoms with E-state index in [4.69, 9.17) is 4.74 Å². The van der Waals surface area contributed by atoms with Crippen molar-refractivity contribution in [3.8, 4) is 0 Å². The van der Waals surface area contributed by atoms with Gasteiger partial charge in [-0.25, -0.2) is 4.98 Å². The van der Waals surface area contributed by atoms with Gasteiger partial charge >= 0.3 is 0 Å². The molecule has 1 aromatic heterocycles. The smallest absolute Gasteiger partial charge is 0.293 e. The van der Waals surface area contributed by atoms with Crippen LogP contribution >= 0.6 is 0 Å². The van der Waals surface area contributed by atoms with Crippen LogP contribution in [0, 0.1) is 0 Å². The molecule has 0 radical (unpaired) electrons. The molecule has 0 aliphatic carbocycles. The molecule has 0 aromatic carbocycles. The van der Waals surface area contributed by atoms with Gasteiger partial charge in [0.05, 0.1) is 12.7 Å². The van der Waals surface area contributed by atoms with Crippen LogP contribution in [-0.2, 0) is 11.8 Å². The maximum Gasteiger partial charge on any atom is 0.293 e. The fraction of sp³-hybridized carbons (Fsp3) is 0.667. The van der Waals surface area contributed by atoms with Gasteiger partial charge in [-0.1, -0.05) is 6.92 Å². The average Bonchev–Trinajstić information content (AvgIpc) is 2.41. The Kier molecular flexibility index (Phi) is 4.33. The lowest BCUT2D eigenvalue weighted by Gasteiger charge is -2.32. The highest BCUT2D eigenvalue weighted by Gasteiger charge is 2.19. The van der Waals surface area contributed by atoms with E-state index < -0.39 is 0 Å². The van der Waals surface area contributed by atoms with Crippen molar-refractivity contribution in [1.82, 2.24) is 14.5 Å². The Morgan fingerprint density at radius 3 is 3.22 bits per heavy atom. The summed E-state index contributed by atoms with van der Waals surface area (Å²) in [5.74, 6) is 0.386. The maximum atomic E-state index is 11.7. The van der Waals surface area contributed by atoms with Gasteiger partial charge < -0.3 is 14.6 Å². The summed E-state index contributed by atoms with van der Waals surface area (Å²) >= 11 is 0. The number of nitrogens with one attached hydrogen (secondary N) is 1. The molecule has 1 aliphatic heterocycles. The first kappa shape index (κ1) is 13.0. The van der Waals surface area contributed by atoms with Gasteiger partial charge in [-0.15, -0.1) is 0 Å². The van der Waals surface area contributed by atoms with Gasteiger partial charge in [0.2, 0.25) is 0 Å². The number of hydrogen-bond acceptors (Lipinski definition) is 5. The standard InChI is InChI=1S/C12H20N4O2/c1-3-16-6-7-18-10(9-16)8-14-11-12(17)15(2)5-4-13-11/h4-5,10H,3,6-9H2,1-2H3,(H,13,14). The third kappa shape index (κ3) is 3.08. The fourth-order valence-corrected chi connectivity index (χ4v) is 2.02. The minimum atomic E-state index is -0.111. The maximum absolute atomic E-state index is 11.7. The predicted octanol–water partition coefficient (Wildman–Crippen LogP) is -0.0871. The van der Waals surface area contributed by atoms with Crippen molar-refractivity contribution >= 4 is 5.82 Å². The summed E-state index contributed by atoms with van der Waals surface area (Å²) in [5.41, 5.74) is -0.111. The Bertz CT molecular complexity index is 446. The second-order valence-corrected chi connectivity index (χ2v) is 4.46. The summed E-state index contributed by atoms with van der Waals surface area (Å²) in [4.78, 5) is 18.1. The van der Waals surface area contributed by atoms with E-state index in [0.29, 0.717) is 12.4 Å². The molecule has 6 nitrogen and oxygen atoms in total. The molecule has 2 heterocycles. The van der Waals surface area contributed by atoms with Gasteiger partial charge in [0, 0.05) is 39.1 Å². The van der Waals surface area contributed by atoms with E-state index in [9.17, 15) is 4.79 Å². The van der Waals surface area contributed by atoms with E-state index in [1.54, 1.807) is 19.4 Å². The molecule has 1 saturated heterocycles. The molecule has 6 heteroatoms. The molecular weight excluding hydrogens is 232 g/mol. The predicted molar refractivity (Wildman–Crippen MR) is 69.8 cm³/mol. The van der Waals surface area contributed by atoms with E-state index >= 15 is 0 Å². The third-order valence-electron chi connectivity index (χ3n) is 3.18. The molecular formula is C12H20N4O2. The van der Waals surface area contributed by atoms with E-state index in [-0.39, 0.29) is 11.7 Å². The van der Waals surface area contributed by atoms with Crippen molar-refractivity contribution < 1.29 is 4.74 Å². The lowest BCUT2D eigenvalue weighted by Crippen LogP contribution is -2.45. The van der Waals surface area contributed by atoms with Gasteiger partial charge in [-0.3, -0.25) is 9.69 Å². The number of aromatic nitrogens is 2. The van der Waals surface area contributed by atoms with Crippen molar-refractivity contribution in [2.75, 3.05) is 38.1 Å². The van der Waals surface area contributed by atoms with Crippen LogP contribution in [0.1, 0.15) is 6.92 Å². The zero-order valence-corrected chi connectivity index (χ0v) is 10.9. The first-order valence-corrected chi connectivity index (χ1v) is 6.30. The average molecular weight is 252 g/mol. The molecule has 0 bridgehead atoms. The number of rotatable bonds is 4.